The first-order valence-corrected chi connectivity index (χ1v) is 6.86. The molecule has 0 aliphatic heterocycles. The van der Waals surface area contributed by atoms with Gasteiger partial charge in [0.05, 0.1) is 20.8 Å². The number of ether oxygens (including phenoxy) is 3. The van der Waals surface area contributed by atoms with Gasteiger partial charge in [0.25, 0.3) is 0 Å². The SMILES string of the molecule is COc1cccc(C=CC(=O)OCCCCC(=O)O)c1OC. The van der Waals surface area contributed by atoms with Gasteiger partial charge in [-0.2, -0.15) is 0 Å². The van der Waals surface area contributed by atoms with E-state index in [1.54, 1.807) is 24.3 Å². The summed E-state index contributed by atoms with van der Waals surface area (Å²) in [6.45, 7) is 0.200. The Hall–Kier alpha value is -2.50. The highest BCUT2D eigenvalue weighted by atomic mass is 16.5. The average molecular weight is 308 g/mol. The third-order valence-electron chi connectivity index (χ3n) is 2.86. The summed E-state index contributed by atoms with van der Waals surface area (Å²) < 4.78 is 15.4. The summed E-state index contributed by atoms with van der Waals surface area (Å²) in [4.78, 5) is 21.9. The first-order valence-electron chi connectivity index (χ1n) is 6.86. The van der Waals surface area contributed by atoms with Crippen LogP contribution in [0.3, 0.4) is 0 Å². The Morgan fingerprint density at radius 1 is 1.18 bits per heavy atom. The summed E-state index contributed by atoms with van der Waals surface area (Å²) in [6.07, 6.45) is 3.97. The Labute approximate surface area is 129 Å². The summed E-state index contributed by atoms with van der Waals surface area (Å²) in [5.74, 6) is -0.223. The van der Waals surface area contributed by atoms with Crippen LogP contribution in [0, 0.1) is 0 Å². The van der Waals surface area contributed by atoms with E-state index in [0.29, 0.717) is 29.9 Å². The Bertz CT molecular complexity index is 535. The Balaban J connectivity index is 2.50. The van der Waals surface area contributed by atoms with Crippen molar-refractivity contribution in [2.45, 2.75) is 19.3 Å². The topological polar surface area (TPSA) is 82.1 Å². The minimum absolute atomic E-state index is 0.0778. The maximum Gasteiger partial charge on any atom is 0.330 e. The molecule has 0 aromatic heterocycles. The second kappa shape index (κ2) is 9.44. The van der Waals surface area contributed by atoms with Gasteiger partial charge in [-0.3, -0.25) is 4.79 Å². The molecular weight excluding hydrogens is 288 g/mol. The molecule has 1 aromatic carbocycles. The number of hydrogen-bond acceptors (Lipinski definition) is 5. The Morgan fingerprint density at radius 2 is 1.95 bits per heavy atom. The zero-order valence-corrected chi connectivity index (χ0v) is 12.7. The second-order valence-corrected chi connectivity index (χ2v) is 4.43. The van der Waals surface area contributed by atoms with Crippen molar-refractivity contribution in [3.05, 3.63) is 29.8 Å². The van der Waals surface area contributed by atoms with Crippen molar-refractivity contribution < 1.29 is 28.9 Å². The molecule has 1 aromatic rings. The summed E-state index contributed by atoms with van der Waals surface area (Å²) in [7, 11) is 3.06. The van der Waals surface area contributed by atoms with Crippen molar-refractivity contribution in [3.8, 4) is 11.5 Å². The first kappa shape index (κ1) is 17.6. The number of benzene rings is 1. The fourth-order valence-electron chi connectivity index (χ4n) is 1.80. The van der Waals surface area contributed by atoms with E-state index >= 15 is 0 Å². The largest absolute Gasteiger partial charge is 0.493 e. The van der Waals surface area contributed by atoms with Crippen molar-refractivity contribution in [1.29, 1.82) is 0 Å². The van der Waals surface area contributed by atoms with E-state index in [0.717, 1.165) is 0 Å². The summed E-state index contributed by atoms with van der Waals surface area (Å²) >= 11 is 0. The average Bonchev–Trinajstić information content (AvgIpc) is 2.51. The molecule has 22 heavy (non-hydrogen) atoms. The Kier molecular flexibility index (Phi) is 7.53. The zero-order chi connectivity index (χ0) is 16.4. The van der Waals surface area contributed by atoms with Crippen LogP contribution in [0.4, 0.5) is 0 Å². The maximum atomic E-state index is 11.6. The molecule has 0 amide bonds. The van der Waals surface area contributed by atoms with Gasteiger partial charge in [0.2, 0.25) is 0 Å². The number of esters is 1. The van der Waals surface area contributed by atoms with E-state index in [2.05, 4.69) is 0 Å². The van der Waals surface area contributed by atoms with Crippen molar-refractivity contribution in [2.24, 2.45) is 0 Å². The van der Waals surface area contributed by atoms with E-state index in [1.165, 1.54) is 20.3 Å². The summed E-state index contributed by atoms with van der Waals surface area (Å²) in [5, 5.41) is 8.48. The maximum absolute atomic E-state index is 11.6. The zero-order valence-electron chi connectivity index (χ0n) is 12.7. The van der Waals surface area contributed by atoms with Gasteiger partial charge in [-0.25, -0.2) is 4.79 Å². The number of carboxylic acids is 1. The Morgan fingerprint density at radius 3 is 2.59 bits per heavy atom. The molecule has 0 radical (unpaired) electrons. The lowest BCUT2D eigenvalue weighted by atomic mass is 10.1. The molecule has 0 unspecified atom stereocenters. The van der Waals surface area contributed by atoms with Gasteiger partial charge in [-0.1, -0.05) is 12.1 Å². The molecule has 6 nitrogen and oxygen atoms in total. The minimum atomic E-state index is -0.851. The van der Waals surface area contributed by atoms with Crippen LogP contribution >= 0.6 is 0 Å². The lowest BCUT2D eigenvalue weighted by molar-refractivity contribution is -0.137. The monoisotopic (exact) mass is 308 g/mol. The highest BCUT2D eigenvalue weighted by Gasteiger charge is 2.07. The molecule has 0 bridgehead atoms. The lowest BCUT2D eigenvalue weighted by Gasteiger charge is -2.09. The number of methoxy groups -OCH3 is 2. The van der Waals surface area contributed by atoms with Crippen LogP contribution in [0.15, 0.2) is 24.3 Å². The molecule has 0 saturated heterocycles. The number of carbonyl (C=O) groups is 2. The van der Waals surface area contributed by atoms with Gasteiger partial charge >= 0.3 is 11.9 Å². The number of unbranched alkanes of at least 4 members (excludes halogenated alkanes) is 1. The van der Waals surface area contributed by atoms with Gasteiger partial charge in [0, 0.05) is 18.1 Å². The van der Waals surface area contributed by atoms with E-state index in [1.807, 2.05) is 0 Å². The van der Waals surface area contributed by atoms with Crippen molar-refractivity contribution in [2.75, 3.05) is 20.8 Å². The minimum Gasteiger partial charge on any atom is -0.493 e. The number of rotatable bonds is 9. The van der Waals surface area contributed by atoms with E-state index < -0.39 is 11.9 Å². The first-order chi connectivity index (χ1) is 10.6. The normalized spacial score (nSPS) is 10.5. The van der Waals surface area contributed by atoms with Crippen molar-refractivity contribution >= 4 is 18.0 Å². The van der Waals surface area contributed by atoms with Gasteiger partial charge in [0.15, 0.2) is 11.5 Å². The van der Waals surface area contributed by atoms with E-state index in [-0.39, 0.29) is 13.0 Å². The molecule has 0 aliphatic rings. The van der Waals surface area contributed by atoms with Gasteiger partial charge in [0.1, 0.15) is 0 Å². The quantitative estimate of drug-likeness (QED) is 0.429. The highest BCUT2D eigenvalue weighted by Crippen LogP contribution is 2.31. The van der Waals surface area contributed by atoms with Crippen LogP contribution in [-0.2, 0) is 14.3 Å². The fraction of sp³-hybridized carbons (Fsp3) is 0.375. The molecule has 120 valence electrons. The van der Waals surface area contributed by atoms with Crippen LogP contribution in [0.2, 0.25) is 0 Å². The van der Waals surface area contributed by atoms with Crippen LogP contribution in [0.5, 0.6) is 11.5 Å². The summed E-state index contributed by atoms with van der Waals surface area (Å²) in [5.41, 5.74) is 0.699. The fourth-order valence-corrected chi connectivity index (χ4v) is 1.80. The smallest absolute Gasteiger partial charge is 0.330 e. The predicted molar refractivity (Wildman–Crippen MR) is 81.0 cm³/mol. The molecule has 0 saturated carbocycles. The third-order valence-corrected chi connectivity index (χ3v) is 2.86. The highest BCUT2D eigenvalue weighted by molar-refractivity contribution is 5.87. The van der Waals surface area contributed by atoms with Crippen LogP contribution in [0.1, 0.15) is 24.8 Å². The molecule has 0 fully saturated rings. The number of aliphatic carboxylic acids is 1. The number of para-hydroxylation sites is 1. The van der Waals surface area contributed by atoms with Gasteiger partial charge < -0.3 is 19.3 Å². The molecule has 1 rings (SSSR count). The van der Waals surface area contributed by atoms with E-state index in [9.17, 15) is 9.59 Å². The third kappa shape index (κ3) is 5.87. The lowest BCUT2D eigenvalue weighted by Crippen LogP contribution is -2.03. The number of carboxylic acid groups (broad SMARTS) is 1. The molecule has 6 heteroatoms. The molecule has 0 heterocycles. The molecular formula is C16H20O6. The summed E-state index contributed by atoms with van der Waals surface area (Å²) in [6, 6.07) is 5.34. The number of hydrogen-bond donors (Lipinski definition) is 1. The standard InChI is InChI=1S/C16H20O6/c1-20-13-7-5-6-12(16(13)21-2)9-10-15(19)22-11-4-3-8-14(17)18/h5-7,9-10H,3-4,8,11H2,1-2H3,(H,17,18). The van der Waals surface area contributed by atoms with Gasteiger partial charge in [-0.05, 0) is 25.0 Å². The van der Waals surface area contributed by atoms with Crippen molar-refractivity contribution in [1.82, 2.24) is 0 Å². The molecule has 0 spiro atoms. The van der Waals surface area contributed by atoms with Crippen LogP contribution < -0.4 is 9.47 Å². The number of carbonyl (C=O) groups excluding carboxylic acids is 1. The molecule has 0 aliphatic carbocycles. The van der Waals surface area contributed by atoms with E-state index in [4.69, 9.17) is 19.3 Å². The van der Waals surface area contributed by atoms with Gasteiger partial charge in [-0.15, -0.1) is 0 Å². The molecule has 1 N–H and O–H groups in total. The predicted octanol–water partition coefficient (Wildman–Crippen LogP) is 2.52. The van der Waals surface area contributed by atoms with Crippen LogP contribution in [0.25, 0.3) is 6.08 Å². The second-order valence-electron chi connectivity index (χ2n) is 4.43. The molecule has 0 atom stereocenters. The van der Waals surface area contributed by atoms with Crippen molar-refractivity contribution in [3.63, 3.8) is 0 Å². The van der Waals surface area contributed by atoms with Crippen LogP contribution in [-0.4, -0.2) is 37.9 Å².